The first-order valence-electron chi connectivity index (χ1n) is 12.7. The highest BCUT2D eigenvalue weighted by atomic mass is 16.6. The van der Waals surface area contributed by atoms with E-state index >= 15 is 0 Å². The molecular formula is C26H32N6O5. The molecule has 11 nitrogen and oxygen atoms in total. The number of piperidine rings is 1. The van der Waals surface area contributed by atoms with Crippen molar-refractivity contribution in [1.29, 1.82) is 0 Å². The van der Waals surface area contributed by atoms with Crippen LogP contribution in [0.15, 0.2) is 39.9 Å². The van der Waals surface area contributed by atoms with Crippen LogP contribution in [0.5, 0.6) is 0 Å². The Morgan fingerprint density at radius 1 is 1.08 bits per heavy atom. The van der Waals surface area contributed by atoms with Crippen molar-refractivity contribution in [2.24, 2.45) is 14.1 Å². The number of rotatable bonds is 6. The lowest BCUT2D eigenvalue weighted by Gasteiger charge is -2.37. The number of cyclic esters (lactones) is 1. The van der Waals surface area contributed by atoms with Crippen molar-refractivity contribution in [2.45, 2.75) is 57.2 Å². The van der Waals surface area contributed by atoms with Gasteiger partial charge in [-0.05, 0) is 31.7 Å². The zero-order chi connectivity index (χ0) is 26.3. The molecule has 0 radical (unpaired) electrons. The number of imidazole rings is 1. The maximum atomic E-state index is 12.8. The Bertz CT molecular complexity index is 1430. The fraction of sp³-hybridized carbons (Fsp3) is 0.500. The molecule has 3 aromatic rings. The number of hydrogen-bond acceptors (Lipinski definition) is 6. The summed E-state index contributed by atoms with van der Waals surface area (Å²) in [6.45, 7) is 3.21. The molecule has 196 valence electrons. The van der Waals surface area contributed by atoms with E-state index in [0.29, 0.717) is 56.7 Å². The maximum absolute atomic E-state index is 12.8. The molecule has 11 heteroatoms. The molecule has 2 atom stereocenters. The summed E-state index contributed by atoms with van der Waals surface area (Å²) in [4.78, 5) is 61.1. The van der Waals surface area contributed by atoms with Crippen LogP contribution in [-0.2, 0) is 30.0 Å². The number of benzene rings is 1. The maximum Gasteiger partial charge on any atom is 0.411 e. The molecule has 2 aliphatic rings. The number of aromatic amines is 1. The van der Waals surface area contributed by atoms with E-state index in [1.165, 1.54) is 11.6 Å². The van der Waals surface area contributed by atoms with Gasteiger partial charge in [0.2, 0.25) is 5.91 Å². The normalized spacial score (nSPS) is 20.6. The Labute approximate surface area is 213 Å². The molecule has 0 bridgehead atoms. The summed E-state index contributed by atoms with van der Waals surface area (Å²) in [6.07, 6.45) is 2.28. The smallest absolute Gasteiger partial charge is 0.411 e. The highest BCUT2D eigenvalue weighted by Gasteiger charge is 2.44. The first kappa shape index (κ1) is 24.8. The van der Waals surface area contributed by atoms with E-state index < -0.39 is 11.2 Å². The quantitative estimate of drug-likeness (QED) is 0.542. The van der Waals surface area contributed by atoms with Gasteiger partial charge in [0.25, 0.3) is 5.56 Å². The van der Waals surface area contributed by atoms with E-state index in [4.69, 9.17) is 4.74 Å². The summed E-state index contributed by atoms with van der Waals surface area (Å²) in [5, 5.41) is 0. The summed E-state index contributed by atoms with van der Waals surface area (Å²) in [5.41, 5.74) is 0.756. The first-order valence-corrected chi connectivity index (χ1v) is 12.7. The second-order valence-corrected chi connectivity index (χ2v) is 9.92. The van der Waals surface area contributed by atoms with Crippen molar-refractivity contribution in [3.05, 3.63) is 62.6 Å². The van der Waals surface area contributed by atoms with Crippen molar-refractivity contribution in [3.8, 4) is 0 Å². The molecule has 1 aromatic carbocycles. The number of hydrogen-bond donors (Lipinski definition) is 1. The number of carbonyl (C=O) groups is 2. The number of aromatic nitrogens is 4. The highest BCUT2D eigenvalue weighted by Crippen LogP contribution is 2.35. The van der Waals surface area contributed by atoms with Crippen LogP contribution in [-0.4, -0.2) is 66.1 Å². The monoisotopic (exact) mass is 508 g/mol. The SMILES string of the molecule is CC1C(c2ccccc2)OC(=O)N1C1CCN(C(=O)CCCc2nc3c([nH]2)c(=O)n(C)c(=O)n3C)CC1. The van der Waals surface area contributed by atoms with E-state index in [9.17, 15) is 19.2 Å². The zero-order valence-corrected chi connectivity index (χ0v) is 21.3. The van der Waals surface area contributed by atoms with Gasteiger partial charge in [0.1, 0.15) is 17.4 Å². The van der Waals surface area contributed by atoms with Crippen molar-refractivity contribution in [2.75, 3.05) is 13.1 Å². The second-order valence-electron chi connectivity index (χ2n) is 9.92. The number of fused-ring (bicyclic) bond motifs is 1. The van der Waals surface area contributed by atoms with Crippen molar-refractivity contribution >= 4 is 23.2 Å². The predicted molar refractivity (Wildman–Crippen MR) is 136 cm³/mol. The summed E-state index contributed by atoms with van der Waals surface area (Å²) in [5.74, 6) is 0.645. The number of carbonyl (C=O) groups excluding carboxylic acids is 2. The Morgan fingerprint density at radius 3 is 2.49 bits per heavy atom. The number of ether oxygens (including phenoxy) is 1. The van der Waals surface area contributed by atoms with E-state index in [-0.39, 0.29) is 35.7 Å². The molecular weight excluding hydrogens is 476 g/mol. The third-order valence-electron chi connectivity index (χ3n) is 7.60. The van der Waals surface area contributed by atoms with Gasteiger partial charge in [-0.15, -0.1) is 0 Å². The van der Waals surface area contributed by atoms with Gasteiger partial charge in [-0.25, -0.2) is 14.6 Å². The molecule has 0 spiro atoms. The fourth-order valence-corrected chi connectivity index (χ4v) is 5.50. The third kappa shape index (κ3) is 4.54. The largest absolute Gasteiger partial charge is 0.439 e. The Hall–Kier alpha value is -3.89. The van der Waals surface area contributed by atoms with Gasteiger partial charge in [0.15, 0.2) is 5.65 Å². The topological polar surface area (TPSA) is 123 Å². The second kappa shape index (κ2) is 9.87. The van der Waals surface area contributed by atoms with Gasteiger partial charge in [-0.1, -0.05) is 30.3 Å². The van der Waals surface area contributed by atoms with Crippen LogP contribution < -0.4 is 11.2 Å². The van der Waals surface area contributed by atoms with Gasteiger partial charge in [0, 0.05) is 46.1 Å². The highest BCUT2D eigenvalue weighted by molar-refractivity contribution is 5.76. The zero-order valence-electron chi connectivity index (χ0n) is 21.3. The summed E-state index contributed by atoms with van der Waals surface area (Å²) in [6, 6.07) is 9.77. The number of nitrogens with one attached hydrogen (secondary N) is 1. The molecule has 2 aliphatic heterocycles. The van der Waals surface area contributed by atoms with Gasteiger partial charge < -0.3 is 14.6 Å². The minimum Gasteiger partial charge on any atom is -0.439 e. The number of likely N-dealkylation sites (tertiary alicyclic amines) is 1. The van der Waals surface area contributed by atoms with Gasteiger partial charge >= 0.3 is 11.8 Å². The Morgan fingerprint density at radius 2 is 1.78 bits per heavy atom. The van der Waals surface area contributed by atoms with Crippen LogP contribution in [0.2, 0.25) is 0 Å². The Balaban J connectivity index is 1.14. The molecule has 2 fully saturated rings. The van der Waals surface area contributed by atoms with Crippen molar-refractivity contribution in [3.63, 3.8) is 0 Å². The van der Waals surface area contributed by atoms with Gasteiger partial charge in [-0.2, -0.15) is 0 Å². The van der Waals surface area contributed by atoms with Crippen molar-refractivity contribution in [1.82, 2.24) is 28.9 Å². The minimum absolute atomic E-state index is 0.0464. The van der Waals surface area contributed by atoms with Crippen LogP contribution in [0.25, 0.3) is 11.2 Å². The van der Waals surface area contributed by atoms with Crippen LogP contribution in [0.3, 0.4) is 0 Å². The number of H-pyrrole nitrogens is 1. The molecule has 5 rings (SSSR count). The van der Waals surface area contributed by atoms with E-state index in [2.05, 4.69) is 9.97 Å². The van der Waals surface area contributed by atoms with Crippen LogP contribution in [0.1, 0.15) is 50.1 Å². The molecule has 4 heterocycles. The predicted octanol–water partition coefficient (Wildman–Crippen LogP) is 1.86. The third-order valence-corrected chi connectivity index (χ3v) is 7.60. The lowest BCUT2D eigenvalue weighted by Crippen LogP contribution is -2.49. The lowest BCUT2D eigenvalue weighted by atomic mass is 9.98. The lowest BCUT2D eigenvalue weighted by molar-refractivity contribution is -0.132. The summed E-state index contributed by atoms with van der Waals surface area (Å²) < 4.78 is 8.08. The molecule has 2 aromatic heterocycles. The number of nitrogens with zero attached hydrogens (tertiary/aromatic N) is 5. The number of amides is 2. The molecule has 2 saturated heterocycles. The minimum atomic E-state index is -0.429. The standard InChI is InChI=1S/C26H32N6O5/c1-16-22(17-8-5-4-6-9-17)37-26(36)32(16)18-12-14-31(15-13-18)20(33)11-7-10-19-27-21-23(28-19)29(2)25(35)30(3)24(21)34/h4-6,8-9,16,18,22H,7,10-15H2,1-3H3,(H,27,28). The summed E-state index contributed by atoms with van der Waals surface area (Å²) >= 11 is 0. The molecule has 1 N–H and O–H groups in total. The molecule has 37 heavy (non-hydrogen) atoms. The van der Waals surface area contributed by atoms with Gasteiger partial charge in [0.05, 0.1) is 6.04 Å². The Kier molecular flexibility index (Phi) is 6.61. The average Bonchev–Trinajstić information content (AvgIpc) is 3.47. The van der Waals surface area contributed by atoms with E-state index in [1.807, 2.05) is 47.1 Å². The van der Waals surface area contributed by atoms with Crippen LogP contribution in [0, 0.1) is 0 Å². The van der Waals surface area contributed by atoms with Crippen molar-refractivity contribution < 1.29 is 14.3 Å². The summed E-state index contributed by atoms with van der Waals surface area (Å²) in [7, 11) is 3.01. The number of aryl methyl sites for hydroxylation is 2. The molecule has 0 aliphatic carbocycles. The fourth-order valence-electron chi connectivity index (χ4n) is 5.50. The average molecular weight is 509 g/mol. The molecule has 2 amide bonds. The first-order chi connectivity index (χ1) is 17.8. The van der Waals surface area contributed by atoms with Crippen LogP contribution >= 0.6 is 0 Å². The van der Waals surface area contributed by atoms with E-state index in [0.717, 1.165) is 10.1 Å². The van der Waals surface area contributed by atoms with E-state index in [1.54, 1.807) is 7.05 Å². The van der Waals surface area contributed by atoms with Crippen LogP contribution in [0.4, 0.5) is 4.79 Å². The molecule has 0 saturated carbocycles. The van der Waals surface area contributed by atoms with Gasteiger partial charge in [-0.3, -0.25) is 23.6 Å². The molecule has 2 unspecified atom stereocenters.